The summed E-state index contributed by atoms with van der Waals surface area (Å²) < 4.78 is 0. The van der Waals surface area contributed by atoms with E-state index >= 15 is 0 Å². The maximum atomic E-state index is 9.21. The molecule has 0 aromatic heterocycles. The Labute approximate surface area is 70.0 Å². The second-order valence-corrected chi connectivity index (χ2v) is 8.41. The maximum absolute atomic E-state index is 9.21. The van der Waals surface area contributed by atoms with Crippen LogP contribution in [0.2, 0.25) is 0 Å². The first-order valence-corrected chi connectivity index (χ1v) is 6.39. The van der Waals surface area contributed by atoms with Gasteiger partial charge < -0.3 is 10.2 Å². The summed E-state index contributed by atoms with van der Waals surface area (Å²) in [4.78, 5) is 0. The zero-order chi connectivity index (χ0) is 9.07. The van der Waals surface area contributed by atoms with Crippen LogP contribution < -0.4 is 0 Å². The summed E-state index contributed by atoms with van der Waals surface area (Å²) in [7, 11) is -1.49. The first kappa shape index (κ1) is 11.4. The molecule has 0 saturated carbocycles. The van der Waals surface area contributed by atoms with E-state index in [0.717, 1.165) is 0 Å². The molecule has 2 nitrogen and oxygen atoms in total. The molecular weight excluding hydrogens is 159 g/mol. The van der Waals surface area contributed by atoms with E-state index in [1.165, 1.54) is 0 Å². The third-order valence-electron chi connectivity index (χ3n) is 2.58. The van der Waals surface area contributed by atoms with Gasteiger partial charge in [-0.15, -0.1) is 0 Å². The molecule has 0 aliphatic carbocycles. The van der Waals surface area contributed by atoms with Crippen LogP contribution in [-0.4, -0.2) is 34.2 Å². The highest BCUT2D eigenvalue weighted by Crippen LogP contribution is 2.64. The van der Waals surface area contributed by atoms with Crippen LogP contribution in [0.4, 0.5) is 0 Å². The van der Waals surface area contributed by atoms with E-state index in [0.29, 0.717) is 11.3 Å². The molecule has 0 aliphatic heterocycles. The molecular formula is C8H20O2P+. The molecule has 0 heterocycles. The fourth-order valence-corrected chi connectivity index (χ4v) is 3.88. The van der Waals surface area contributed by atoms with Gasteiger partial charge in [-0.3, -0.25) is 0 Å². The summed E-state index contributed by atoms with van der Waals surface area (Å²) >= 11 is 0. The molecule has 0 saturated heterocycles. The minimum atomic E-state index is -1.49. The van der Waals surface area contributed by atoms with Crippen molar-refractivity contribution in [1.29, 1.82) is 0 Å². The molecule has 0 aromatic rings. The molecule has 0 rings (SSSR count). The predicted molar refractivity (Wildman–Crippen MR) is 51.4 cm³/mol. The lowest BCUT2D eigenvalue weighted by atomic mass is 10.5. The van der Waals surface area contributed by atoms with Crippen molar-refractivity contribution in [3.05, 3.63) is 0 Å². The lowest BCUT2D eigenvalue weighted by Crippen LogP contribution is -2.21. The van der Waals surface area contributed by atoms with E-state index in [2.05, 4.69) is 27.7 Å². The molecule has 0 spiro atoms. The van der Waals surface area contributed by atoms with Crippen LogP contribution in [0.25, 0.3) is 0 Å². The topological polar surface area (TPSA) is 40.5 Å². The number of rotatable bonds is 4. The molecule has 0 atom stereocenters. The first-order chi connectivity index (χ1) is 5.01. The van der Waals surface area contributed by atoms with Crippen LogP contribution in [0.15, 0.2) is 0 Å². The van der Waals surface area contributed by atoms with Gasteiger partial charge in [0, 0.05) is 0 Å². The van der Waals surface area contributed by atoms with Crippen molar-refractivity contribution in [2.75, 3.05) is 12.7 Å². The zero-order valence-corrected chi connectivity index (χ0v) is 8.80. The molecule has 11 heavy (non-hydrogen) atoms. The van der Waals surface area contributed by atoms with Crippen LogP contribution in [0.3, 0.4) is 0 Å². The van der Waals surface area contributed by atoms with Crippen molar-refractivity contribution < 1.29 is 10.2 Å². The Kier molecular flexibility index (Phi) is 4.53. The SMILES string of the molecule is CC(C)[P+](CO)(CO)C(C)C. The maximum Gasteiger partial charge on any atom is 0.156 e. The van der Waals surface area contributed by atoms with Crippen LogP contribution in [0, 0.1) is 0 Å². The van der Waals surface area contributed by atoms with Crippen LogP contribution in [-0.2, 0) is 0 Å². The predicted octanol–water partition coefficient (Wildman–Crippen LogP) is 1.72. The third-order valence-corrected chi connectivity index (χ3v) is 7.75. The summed E-state index contributed by atoms with van der Waals surface area (Å²) in [6.07, 6.45) is 0.359. The van der Waals surface area contributed by atoms with Crippen molar-refractivity contribution in [3.63, 3.8) is 0 Å². The monoisotopic (exact) mass is 179 g/mol. The van der Waals surface area contributed by atoms with Crippen molar-refractivity contribution in [2.24, 2.45) is 0 Å². The first-order valence-electron chi connectivity index (χ1n) is 4.09. The number of aliphatic hydroxyl groups excluding tert-OH is 2. The van der Waals surface area contributed by atoms with Crippen LogP contribution in [0.1, 0.15) is 27.7 Å². The molecule has 0 fully saturated rings. The van der Waals surface area contributed by atoms with Crippen LogP contribution >= 0.6 is 7.26 Å². The standard InChI is InChI=1S/C8H20O2P/c1-7(2)11(5-9,6-10)8(3)4/h7-10H,5-6H2,1-4H3/q+1. The van der Waals surface area contributed by atoms with E-state index in [4.69, 9.17) is 0 Å². The largest absolute Gasteiger partial charge is 0.362 e. The molecule has 3 heteroatoms. The fourth-order valence-electron chi connectivity index (χ4n) is 1.29. The smallest absolute Gasteiger partial charge is 0.156 e. The molecule has 68 valence electrons. The Balaban J connectivity index is 4.46. The Hall–Kier alpha value is 0.350. The van der Waals surface area contributed by atoms with Gasteiger partial charge in [0.25, 0.3) is 0 Å². The van der Waals surface area contributed by atoms with Gasteiger partial charge in [0.2, 0.25) is 0 Å². The van der Waals surface area contributed by atoms with Gasteiger partial charge in [-0.05, 0) is 27.7 Å². The van der Waals surface area contributed by atoms with Crippen molar-refractivity contribution in [2.45, 2.75) is 39.0 Å². The normalized spacial score (nSPS) is 13.1. The summed E-state index contributed by atoms with van der Waals surface area (Å²) in [6, 6.07) is 0. The van der Waals surface area contributed by atoms with Gasteiger partial charge in [0.15, 0.2) is 12.7 Å². The summed E-state index contributed by atoms with van der Waals surface area (Å²) in [5, 5.41) is 18.4. The molecule has 0 unspecified atom stereocenters. The second kappa shape index (κ2) is 4.39. The average molecular weight is 179 g/mol. The summed E-state index contributed by atoms with van der Waals surface area (Å²) in [5.41, 5.74) is 0.856. The van der Waals surface area contributed by atoms with Gasteiger partial charge in [-0.2, -0.15) is 0 Å². The Bertz CT molecular complexity index is 98.7. The fraction of sp³-hybridized carbons (Fsp3) is 1.00. The molecule has 0 aromatic carbocycles. The molecule has 0 radical (unpaired) electrons. The van der Waals surface area contributed by atoms with Gasteiger partial charge >= 0.3 is 0 Å². The number of hydrogen-bond acceptors (Lipinski definition) is 2. The lowest BCUT2D eigenvalue weighted by Gasteiger charge is -2.30. The summed E-state index contributed by atoms with van der Waals surface area (Å²) in [5.74, 6) is 0. The Morgan fingerprint density at radius 2 is 1.18 bits per heavy atom. The van der Waals surface area contributed by atoms with Gasteiger partial charge in [-0.1, -0.05) is 0 Å². The van der Waals surface area contributed by atoms with E-state index in [1.807, 2.05) is 0 Å². The Morgan fingerprint density at radius 1 is 0.909 bits per heavy atom. The second-order valence-electron chi connectivity index (χ2n) is 3.57. The third kappa shape index (κ3) is 2.14. The highest BCUT2D eigenvalue weighted by atomic mass is 31.2. The van der Waals surface area contributed by atoms with Crippen molar-refractivity contribution in [3.8, 4) is 0 Å². The van der Waals surface area contributed by atoms with Gasteiger partial charge in [0.1, 0.15) is 0 Å². The Morgan fingerprint density at radius 3 is 1.18 bits per heavy atom. The molecule has 0 amide bonds. The highest BCUT2D eigenvalue weighted by molar-refractivity contribution is 7.76. The van der Waals surface area contributed by atoms with E-state index in [-0.39, 0.29) is 12.7 Å². The minimum Gasteiger partial charge on any atom is -0.362 e. The number of aliphatic hydroxyl groups is 2. The minimum absolute atomic E-state index is 0.179. The van der Waals surface area contributed by atoms with Crippen LogP contribution in [0.5, 0.6) is 0 Å². The summed E-state index contributed by atoms with van der Waals surface area (Å²) in [6.45, 7) is 8.33. The van der Waals surface area contributed by atoms with E-state index in [9.17, 15) is 10.2 Å². The zero-order valence-electron chi connectivity index (χ0n) is 7.91. The van der Waals surface area contributed by atoms with Gasteiger partial charge in [-0.25, -0.2) is 0 Å². The van der Waals surface area contributed by atoms with E-state index < -0.39 is 7.26 Å². The highest BCUT2D eigenvalue weighted by Gasteiger charge is 2.43. The molecule has 0 bridgehead atoms. The quantitative estimate of drug-likeness (QED) is 0.645. The lowest BCUT2D eigenvalue weighted by molar-refractivity contribution is 0.334. The molecule has 0 aliphatic rings. The average Bonchev–Trinajstić information content (AvgIpc) is 1.90. The van der Waals surface area contributed by atoms with Crippen molar-refractivity contribution >= 4 is 7.26 Å². The number of hydrogen-bond donors (Lipinski definition) is 2. The molecule has 2 N–H and O–H groups in total. The van der Waals surface area contributed by atoms with Gasteiger partial charge in [0.05, 0.1) is 18.6 Å². The van der Waals surface area contributed by atoms with E-state index in [1.54, 1.807) is 0 Å². The van der Waals surface area contributed by atoms with Crippen molar-refractivity contribution in [1.82, 2.24) is 0 Å².